The minimum Gasteiger partial charge on any atom is -0.478 e. The SMILES string of the molecule is CSc1c(Cl)nc(-c2ccc(NC(=O)Nc3sccc3C(=O)O)cc2)nc1N1CCOCC1. The van der Waals surface area contributed by atoms with Crippen molar-refractivity contribution in [1.29, 1.82) is 0 Å². The lowest BCUT2D eigenvalue weighted by Crippen LogP contribution is -2.37. The normalized spacial score (nSPS) is 13.6. The number of morpholine rings is 1. The number of hydrogen-bond donors (Lipinski definition) is 3. The van der Waals surface area contributed by atoms with Gasteiger partial charge in [0.25, 0.3) is 0 Å². The Morgan fingerprint density at radius 2 is 1.88 bits per heavy atom. The van der Waals surface area contributed by atoms with Gasteiger partial charge in [0.15, 0.2) is 5.82 Å². The molecule has 1 aliphatic rings. The lowest BCUT2D eigenvalue weighted by Gasteiger charge is -2.29. The van der Waals surface area contributed by atoms with Crippen LogP contribution in [0.5, 0.6) is 0 Å². The Kier molecular flexibility index (Phi) is 7.33. The van der Waals surface area contributed by atoms with Gasteiger partial charge in [-0.1, -0.05) is 11.6 Å². The first-order valence-electron chi connectivity index (χ1n) is 9.89. The minimum absolute atomic E-state index is 0.0456. The highest BCUT2D eigenvalue weighted by Crippen LogP contribution is 2.35. The molecule has 1 aliphatic heterocycles. The van der Waals surface area contributed by atoms with Gasteiger partial charge in [0, 0.05) is 24.3 Å². The molecular weight excluding hydrogens is 486 g/mol. The third kappa shape index (κ3) is 5.38. The van der Waals surface area contributed by atoms with Crippen LogP contribution >= 0.6 is 34.7 Å². The molecular formula is C21H20ClN5O4S2. The number of rotatable bonds is 6. The number of anilines is 3. The van der Waals surface area contributed by atoms with Crippen LogP contribution in [0.25, 0.3) is 11.4 Å². The number of aromatic carboxylic acids is 1. The molecule has 1 saturated heterocycles. The quantitative estimate of drug-likeness (QED) is 0.324. The van der Waals surface area contributed by atoms with Crippen molar-refractivity contribution < 1.29 is 19.4 Å². The van der Waals surface area contributed by atoms with Gasteiger partial charge in [-0.15, -0.1) is 23.1 Å². The average molecular weight is 506 g/mol. The zero-order chi connectivity index (χ0) is 23.4. The van der Waals surface area contributed by atoms with Crippen molar-refractivity contribution in [2.75, 3.05) is 48.1 Å². The van der Waals surface area contributed by atoms with E-state index in [0.717, 1.165) is 40.7 Å². The molecule has 33 heavy (non-hydrogen) atoms. The van der Waals surface area contributed by atoms with E-state index < -0.39 is 12.0 Å². The number of benzene rings is 1. The molecule has 0 bridgehead atoms. The van der Waals surface area contributed by atoms with Crippen molar-refractivity contribution in [2.45, 2.75) is 4.90 Å². The van der Waals surface area contributed by atoms with E-state index in [-0.39, 0.29) is 10.6 Å². The average Bonchev–Trinajstić information content (AvgIpc) is 3.28. The van der Waals surface area contributed by atoms with Gasteiger partial charge in [-0.05, 0) is 42.0 Å². The fourth-order valence-electron chi connectivity index (χ4n) is 3.25. The fourth-order valence-corrected chi connectivity index (χ4v) is 4.99. The largest absolute Gasteiger partial charge is 0.478 e. The summed E-state index contributed by atoms with van der Waals surface area (Å²) in [7, 11) is 0. The Hall–Kier alpha value is -2.86. The highest BCUT2D eigenvalue weighted by molar-refractivity contribution is 7.98. The number of ether oxygens (including phenoxy) is 1. The van der Waals surface area contributed by atoms with Gasteiger partial charge in [-0.3, -0.25) is 5.32 Å². The molecule has 12 heteroatoms. The number of halogens is 1. The molecule has 3 N–H and O–H groups in total. The van der Waals surface area contributed by atoms with E-state index in [1.807, 2.05) is 6.26 Å². The van der Waals surface area contributed by atoms with Gasteiger partial charge >= 0.3 is 12.0 Å². The Morgan fingerprint density at radius 3 is 2.55 bits per heavy atom. The second-order valence-electron chi connectivity index (χ2n) is 6.92. The summed E-state index contributed by atoms with van der Waals surface area (Å²) in [6, 6.07) is 7.92. The minimum atomic E-state index is -1.10. The molecule has 172 valence electrons. The maximum atomic E-state index is 12.3. The van der Waals surface area contributed by atoms with Crippen molar-refractivity contribution in [3.63, 3.8) is 0 Å². The van der Waals surface area contributed by atoms with E-state index in [0.29, 0.717) is 29.9 Å². The number of nitrogens with zero attached hydrogens (tertiary/aromatic N) is 3. The van der Waals surface area contributed by atoms with E-state index in [1.54, 1.807) is 29.6 Å². The van der Waals surface area contributed by atoms with Crippen LogP contribution in [-0.4, -0.2) is 59.6 Å². The summed E-state index contributed by atoms with van der Waals surface area (Å²) in [4.78, 5) is 35.7. The zero-order valence-corrected chi connectivity index (χ0v) is 19.9. The number of hydrogen-bond acceptors (Lipinski definition) is 8. The molecule has 9 nitrogen and oxygen atoms in total. The summed E-state index contributed by atoms with van der Waals surface area (Å²) in [6.07, 6.45) is 1.94. The van der Waals surface area contributed by atoms with E-state index in [2.05, 4.69) is 20.5 Å². The first kappa shape index (κ1) is 23.3. The monoisotopic (exact) mass is 505 g/mol. The van der Waals surface area contributed by atoms with Gasteiger partial charge in [-0.25, -0.2) is 19.6 Å². The number of urea groups is 1. The van der Waals surface area contributed by atoms with Crippen LogP contribution in [0, 0.1) is 0 Å². The van der Waals surface area contributed by atoms with Crippen molar-refractivity contribution in [3.8, 4) is 11.4 Å². The van der Waals surface area contributed by atoms with E-state index in [4.69, 9.17) is 26.4 Å². The van der Waals surface area contributed by atoms with Gasteiger partial charge in [-0.2, -0.15) is 0 Å². The third-order valence-electron chi connectivity index (χ3n) is 4.84. The summed E-state index contributed by atoms with van der Waals surface area (Å²) >= 11 is 9.11. The summed E-state index contributed by atoms with van der Waals surface area (Å²) < 4.78 is 5.44. The van der Waals surface area contributed by atoms with Crippen molar-refractivity contribution in [1.82, 2.24) is 9.97 Å². The van der Waals surface area contributed by atoms with Crippen molar-refractivity contribution in [2.24, 2.45) is 0 Å². The Labute approximate surface area is 203 Å². The summed E-state index contributed by atoms with van der Waals surface area (Å²) in [5, 5.41) is 16.7. The molecule has 4 rings (SSSR count). The smallest absolute Gasteiger partial charge is 0.338 e. The van der Waals surface area contributed by atoms with Crippen LogP contribution in [-0.2, 0) is 4.74 Å². The van der Waals surface area contributed by atoms with Crippen LogP contribution < -0.4 is 15.5 Å². The lowest BCUT2D eigenvalue weighted by atomic mass is 10.2. The van der Waals surface area contributed by atoms with Crippen LogP contribution in [0.4, 0.5) is 21.3 Å². The standard InChI is InChI=1S/C21H20ClN5O4S2/c1-32-15-16(22)24-17(25-18(15)27-7-9-31-10-8-27)12-2-4-13(5-3-12)23-21(30)26-19-14(20(28)29)6-11-33-19/h2-6,11H,7-10H2,1H3,(H,28,29)(H2,23,26,30). The van der Waals surface area contributed by atoms with Crippen LogP contribution in [0.15, 0.2) is 40.6 Å². The number of carbonyl (C=O) groups excluding carboxylic acids is 1. The van der Waals surface area contributed by atoms with Crippen LogP contribution in [0.2, 0.25) is 5.15 Å². The molecule has 0 atom stereocenters. The molecule has 3 aromatic rings. The maximum Gasteiger partial charge on any atom is 0.338 e. The molecule has 3 heterocycles. The Bertz CT molecular complexity index is 1170. The predicted molar refractivity (Wildman–Crippen MR) is 131 cm³/mol. The number of thioether (sulfide) groups is 1. The fraction of sp³-hybridized carbons (Fsp3) is 0.238. The number of nitrogens with one attached hydrogen (secondary N) is 2. The number of carbonyl (C=O) groups is 2. The second-order valence-corrected chi connectivity index (χ2v) is 9.01. The summed E-state index contributed by atoms with van der Waals surface area (Å²) in [5.74, 6) is 0.172. The molecule has 0 radical (unpaired) electrons. The van der Waals surface area contributed by atoms with Gasteiger partial charge in [0.05, 0.1) is 23.7 Å². The van der Waals surface area contributed by atoms with Crippen molar-refractivity contribution in [3.05, 3.63) is 46.4 Å². The van der Waals surface area contributed by atoms with E-state index in [1.165, 1.54) is 17.8 Å². The predicted octanol–water partition coefficient (Wildman–Crippen LogP) is 4.76. The molecule has 0 spiro atoms. The van der Waals surface area contributed by atoms with Gasteiger partial charge in [0.2, 0.25) is 0 Å². The molecule has 1 aromatic carbocycles. The highest BCUT2D eigenvalue weighted by Gasteiger charge is 2.21. The Morgan fingerprint density at radius 1 is 1.15 bits per heavy atom. The number of carboxylic acids is 1. The molecule has 2 amide bonds. The van der Waals surface area contributed by atoms with Crippen molar-refractivity contribution >= 4 is 63.2 Å². The van der Waals surface area contributed by atoms with E-state index >= 15 is 0 Å². The molecule has 1 fully saturated rings. The van der Waals surface area contributed by atoms with Gasteiger partial charge in [0.1, 0.15) is 16.0 Å². The number of thiophene rings is 1. The zero-order valence-electron chi connectivity index (χ0n) is 17.5. The molecule has 0 unspecified atom stereocenters. The summed E-state index contributed by atoms with van der Waals surface area (Å²) in [6.45, 7) is 2.72. The van der Waals surface area contributed by atoms with Gasteiger partial charge < -0.3 is 20.1 Å². The lowest BCUT2D eigenvalue weighted by molar-refractivity contribution is 0.0698. The molecule has 0 aliphatic carbocycles. The van der Waals surface area contributed by atoms with Crippen LogP contribution in [0.1, 0.15) is 10.4 Å². The number of carboxylic acid groups (broad SMARTS) is 1. The number of aromatic nitrogens is 2. The molecule has 2 aromatic heterocycles. The van der Waals surface area contributed by atoms with Crippen LogP contribution in [0.3, 0.4) is 0 Å². The summed E-state index contributed by atoms with van der Waals surface area (Å²) in [5.41, 5.74) is 1.32. The second kappa shape index (κ2) is 10.4. The first-order chi connectivity index (χ1) is 16.0. The number of amides is 2. The Balaban J connectivity index is 1.50. The van der Waals surface area contributed by atoms with E-state index in [9.17, 15) is 9.59 Å². The molecule has 0 saturated carbocycles. The first-order valence-corrected chi connectivity index (χ1v) is 12.4. The topological polar surface area (TPSA) is 117 Å². The third-order valence-corrected chi connectivity index (χ3v) is 6.84. The maximum absolute atomic E-state index is 12.3. The highest BCUT2D eigenvalue weighted by atomic mass is 35.5.